The van der Waals surface area contributed by atoms with Crippen LogP contribution in [0, 0.1) is 0 Å². The lowest BCUT2D eigenvalue weighted by Gasteiger charge is -2.29. The molecule has 2 heterocycles. The molecule has 0 radical (unpaired) electrons. The molecule has 0 aromatic heterocycles. The Hall–Kier alpha value is -2.53. The molecule has 2 aliphatic rings. The van der Waals surface area contributed by atoms with Crippen molar-refractivity contribution in [2.75, 3.05) is 54.5 Å². The average Bonchev–Trinajstić information content (AvgIpc) is 3.06. The molecule has 1 amide bonds. The van der Waals surface area contributed by atoms with Crippen molar-refractivity contribution in [2.24, 2.45) is 0 Å². The Balaban J connectivity index is 1.35. The number of rotatable bonds is 4. The van der Waals surface area contributed by atoms with E-state index < -0.39 is 0 Å². The molecular formula is C20H23N3O2. The molecule has 2 aromatic carbocycles. The highest BCUT2D eigenvalue weighted by Crippen LogP contribution is 2.27. The van der Waals surface area contributed by atoms with E-state index >= 15 is 0 Å². The molecule has 1 N–H and O–H groups in total. The molecule has 5 heteroatoms. The minimum atomic E-state index is 0.0239. The molecule has 4 rings (SSSR count). The largest absolute Gasteiger partial charge is 0.378 e. The molecule has 0 unspecified atom stereocenters. The van der Waals surface area contributed by atoms with Crippen LogP contribution in [0.5, 0.6) is 0 Å². The van der Waals surface area contributed by atoms with Gasteiger partial charge in [0, 0.05) is 36.7 Å². The van der Waals surface area contributed by atoms with E-state index in [1.54, 1.807) is 0 Å². The predicted molar refractivity (Wildman–Crippen MR) is 100 cm³/mol. The quantitative estimate of drug-likeness (QED) is 0.931. The topological polar surface area (TPSA) is 44.8 Å². The molecule has 5 nitrogen and oxygen atoms in total. The van der Waals surface area contributed by atoms with Crippen LogP contribution in [0.4, 0.5) is 17.1 Å². The Morgan fingerprint density at radius 2 is 1.76 bits per heavy atom. The second-order valence-electron chi connectivity index (χ2n) is 6.49. The Morgan fingerprint density at radius 3 is 2.56 bits per heavy atom. The summed E-state index contributed by atoms with van der Waals surface area (Å²) in [6.45, 7) is 4.68. The van der Waals surface area contributed by atoms with Crippen molar-refractivity contribution in [1.82, 2.24) is 0 Å². The van der Waals surface area contributed by atoms with Crippen molar-refractivity contribution >= 4 is 23.0 Å². The zero-order chi connectivity index (χ0) is 17.1. The number of hydrogen-bond acceptors (Lipinski definition) is 4. The first-order valence-electron chi connectivity index (χ1n) is 8.85. The van der Waals surface area contributed by atoms with E-state index in [4.69, 9.17) is 4.74 Å². The maximum atomic E-state index is 12.4. The molecule has 2 aliphatic heterocycles. The zero-order valence-electron chi connectivity index (χ0n) is 14.3. The summed E-state index contributed by atoms with van der Waals surface area (Å²) < 4.78 is 5.38. The fraction of sp³-hybridized carbons (Fsp3) is 0.350. The average molecular weight is 337 g/mol. The van der Waals surface area contributed by atoms with E-state index in [9.17, 15) is 4.79 Å². The van der Waals surface area contributed by atoms with E-state index in [1.807, 2.05) is 18.2 Å². The molecule has 130 valence electrons. The van der Waals surface area contributed by atoms with Gasteiger partial charge in [-0.2, -0.15) is 0 Å². The van der Waals surface area contributed by atoms with Crippen LogP contribution in [0.1, 0.15) is 5.56 Å². The molecule has 1 fully saturated rings. The van der Waals surface area contributed by atoms with Gasteiger partial charge in [0.1, 0.15) is 0 Å². The predicted octanol–water partition coefficient (Wildman–Crippen LogP) is 2.52. The van der Waals surface area contributed by atoms with Gasteiger partial charge < -0.3 is 19.9 Å². The molecule has 0 aliphatic carbocycles. The highest BCUT2D eigenvalue weighted by Gasteiger charge is 2.20. The Morgan fingerprint density at radius 1 is 1.00 bits per heavy atom. The molecule has 2 aromatic rings. The Kier molecular flexibility index (Phi) is 4.57. The highest BCUT2D eigenvalue weighted by molar-refractivity contribution is 5.94. The van der Waals surface area contributed by atoms with Crippen molar-refractivity contribution < 1.29 is 9.53 Å². The standard InChI is InChI=1S/C20H23N3O2/c24-20(15-23-10-9-16-3-1-2-4-19(16)23)21-17-5-7-18(8-6-17)22-11-13-25-14-12-22/h1-8H,9-15H2,(H,21,24). The van der Waals surface area contributed by atoms with Crippen molar-refractivity contribution in [1.29, 1.82) is 0 Å². The third kappa shape index (κ3) is 3.61. The van der Waals surface area contributed by atoms with Gasteiger partial charge in [0.2, 0.25) is 5.91 Å². The first-order valence-corrected chi connectivity index (χ1v) is 8.85. The molecule has 0 saturated carbocycles. The Labute approximate surface area is 148 Å². The first kappa shape index (κ1) is 16.0. The summed E-state index contributed by atoms with van der Waals surface area (Å²) >= 11 is 0. The van der Waals surface area contributed by atoms with E-state index in [2.05, 4.69) is 45.4 Å². The third-order valence-electron chi connectivity index (χ3n) is 4.85. The van der Waals surface area contributed by atoms with Gasteiger partial charge in [-0.25, -0.2) is 0 Å². The molecule has 0 spiro atoms. The van der Waals surface area contributed by atoms with Crippen molar-refractivity contribution in [3.63, 3.8) is 0 Å². The van der Waals surface area contributed by atoms with Gasteiger partial charge in [-0.05, 0) is 42.3 Å². The van der Waals surface area contributed by atoms with Crippen molar-refractivity contribution in [3.05, 3.63) is 54.1 Å². The second kappa shape index (κ2) is 7.15. The van der Waals surface area contributed by atoms with E-state index in [0.29, 0.717) is 6.54 Å². The number of carbonyl (C=O) groups excluding carboxylic acids is 1. The van der Waals surface area contributed by atoms with E-state index in [0.717, 1.165) is 45.0 Å². The van der Waals surface area contributed by atoms with Crippen LogP contribution in [0.2, 0.25) is 0 Å². The fourth-order valence-corrected chi connectivity index (χ4v) is 3.52. The van der Waals surface area contributed by atoms with Crippen molar-refractivity contribution in [2.45, 2.75) is 6.42 Å². The SMILES string of the molecule is O=C(CN1CCc2ccccc21)Nc1ccc(N2CCOCC2)cc1. The van der Waals surface area contributed by atoms with Gasteiger partial charge in [0.15, 0.2) is 0 Å². The summed E-state index contributed by atoms with van der Waals surface area (Å²) in [7, 11) is 0. The van der Waals surface area contributed by atoms with Crippen LogP contribution in [0.15, 0.2) is 48.5 Å². The number of benzene rings is 2. The van der Waals surface area contributed by atoms with Crippen LogP contribution < -0.4 is 15.1 Å². The smallest absolute Gasteiger partial charge is 0.243 e. The lowest BCUT2D eigenvalue weighted by Crippen LogP contribution is -2.36. The summed E-state index contributed by atoms with van der Waals surface area (Å²) in [5.41, 5.74) is 4.52. The molecule has 25 heavy (non-hydrogen) atoms. The molecular weight excluding hydrogens is 314 g/mol. The summed E-state index contributed by atoms with van der Waals surface area (Å²) in [5.74, 6) is 0.0239. The van der Waals surface area contributed by atoms with Crippen molar-refractivity contribution in [3.8, 4) is 0 Å². The van der Waals surface area contributed by atoms with Crippen LogP contribution in [0.25, 0.3) is 0 Å². The fourth-order valence-electron chi connectivity index (χ4n) is 3.52. The zero-order valence-corrected chi connectivity index (χ0v) is 14.3. The molecule has 0 atom stereocenters. The van der Waals surface area contributed by atoms with Crippen LogP contribution in [-0.2, 0) is 16.0 Å². The summed E-state index contributed by atoms with van der Waals surface area (Å²) in [5, 5.41) is 3.01. The van der Waals surface area contributed by atoms with Crippen LogP contribution in [0.3, 0.4) is 0 Å². The number of nitrogens with zero attached hydrogens (tertiary/aromatic N) is 2. The number of fused-ring (bicyclic) bond motifs is 1. The maximum absolute atomic E-state index is 12.4. The number of hydrogen-bond donors (Lipinski definition) is 1. The number of carbonyl (C=O) groups is 1. The normalized spacial score (nSPS) is 16.6. The summed E-state index contributed by atoms with van der Waals surface area (Å²) in [6.07, 6.45) is 1.01. The number of anilines is 3. The lowest BCUT2D eigenvalue weighted by molar-refractivity contribution is -0.115. The van der Waals surface area contributed by atoms with E-state index in [1.165, 1.54) is 16.9 Å². The Bertz CT molecular complexity index is 739. The lowest BCUT2D eigenvalue weighted by atomic mass is 10.2. The number of nitrogens with one attached hydrogen (secondary N) is 1. The van der Waals surface area contributed by atoms with E-state index in [-0.39, 0.29) is 5.91 Å². The van der Waals surface area contributed by atoms with Crippen LogP contribution >= 0.6 is 0 Å². The summed E-state index contributed by atoms with van der Waals surface area (Å²) in [4.78, 5) is 16.8. The molecule has 1 saturated heterocycles. The van der Waals surface area contributed by atoms with Gasteiger partial charge in [-0.3, -0.25) is 4.79 Å². The number of amides is 1. The third-order valence-corrected chi connectivity index (χ3v) is 4.85. The minimum Gasteiger partial charge on any atom is -0.378 e. The van der Waals surface area contributed by atoms with Gasteiger partial charge in [-0.1, -0.05) is 18.2 Å². The van der Waals surface area contributed by atoms with Gasteiger partial charge >= 0.3 is 0 Å². The van der Waals surface area contributed by atoms with Gasteiger partial charge in [0.05, 0.1) is 19.8 Å². The monoisotopic (exact) mass is 337 g/mol. The minimum absolute atomic E-state index is 0.0239. The summed E-state index contributed by atoms with van der Waals surface area (Å²) in [6, 6.07) is 16.4. The highest BCUT2D eigenvalue weighted by atomic mass is 16.5. The first-order chi connectivity index (χ1) is 12.3. The van der Waals surface area contributed by atoms with Gasteiger partial charge in [-0.15, -0.1) is 0 Å². The maximum Gasteiger partial charge on any atom is 0.243 e. The molecule has 0 bridgehead atoms. The van der Waals surface area contributed by atoms with Crippen LogP contribution in [-0.4, -0.2) is 45.3 Å². The number of ether oxygens (including phenoxy) is 1. The second-order valence-corrected chi connectivity index (χ2v) is 6.49. The number of para-hydroxylation sites is 1. The van der Waals surface area contributed by atoms with Gasteiger partial charge in [0.25, 0.3) is 0 Å². The number of morpholine rings is 1.